The molecule has 0 bridgehead atoms. The Labute approximate surface area is 216 Å². The summed E-state index contributed by atoms with van der Waals surface area (Å²) >= 11 is 0. The van der Waals surface area contributed by atoms with Crippen LogP contribution in [0.4, 0.5) is 0 Å². The lowest BCUT2D eigenvalue weighted by Gasteiger charge is -2.42. The van der Waals surface area contributed by atoms with E-state index < -0.39 is 0 Å². The first-order chi connectivity index (χ1) is 18.1. The standard InChI is InChI=1S/C33H30N2O2/c1-34-27-15-7-17-29(36)32(27)31(33-28(34)16-8-18-30(33)37)25-20-35(26-14-5-4-13-24(25)26)19-22-11-6-10-21-9-2-3-12-23(21)22/h2-6,9-14,20,31H,7-8,15-19H2,1H3. The van der Waals surface area contributed by atoms with E-state index in [1.807, 2.05) is 0 Å². The second-order valence-corrected chi connectivity index (χ2v) is 10.6. The van der Waals surface area contributed by atoms with Crippen molar-refractivity contribution in [2.24, 2.45) is 0 Å². The highest BCUT2D eigenvalue weighted by Crippen LogP contribution is 2.50. The molecule has 0 N–H and O–H groups in total. The zero-order valence-corrected chi connectivity index (χ0v) is 21.2. The molecule has 4 heteroatoms. The Morgan fingerprint density at radius 1 is 0.730 bits per heavy atom. The van der Waals surface area contributed by atoms with Crippen LogP contribution in [0.2, 0.25) is 0 Å². The number of rotatable bonds is 3. The van der Waals surface area contributed by atoms with Gasteiger partial charge in [0, 0.05) is 72.0 Å². The molecular weight excluding hydrogens is 456 g/mol. The number of fused-ring (bicyclic) bond motifs is 2. The molecule has 0 radical (unpaired) electrons. The zero-order chi connectivity index (χ0) is 25.1. The van der Waals surface area contributed by atoms with Crippen LogP contribution in [0.25, 0.3) is 21.7 Å². The molecule has 0 unspecified atom stereocenters. The third-order valence-corrected chi connectivity index (χ3v) is 8.60. The zero-order valence-electron chi connectivity index (χ0n) is 21.2. The van der Waals surface area contributed by atoms with Gasteiger partial charge in [-0.2, -0.15) is 0 Å². The number of hydrogen-bond acceptors (Lipinski definition) is 3. The van der Waals surface area contributed by atoms with E-state index in [4.69, 9.17) is 0 Å². The van der Waals surface area contributed by atoms with Gasteiger partial charge in [-0.3, -0.25) is 9.59 Å². The van der Waals surface area contributed by atoms with Crippen LogP contribution in [0, 0.1) is 0 Å². The van der Waals surface area contributed by atoms with Gasteiger partial charge in [0.25, 0.3) is 0 Å². The molecule has 184 valence electrons. The predicted octanol–water partition coefficient (Wildman–Crippen LogP) is 6.89. The van der Waals surface area contributed by atoms with E-state index in [9.17, 15) is 9.59 Å². The molecule has 4 aromatic rings. The molecule has 0 saturated carbocycles. The van der Waals surface area contributed by atoms with Gasteiger partial charge >= 0.3 is 0 Å². The number of para-hydroxylation sites is 1. The summed E-state index contributed by atoms with van der Waals surface area (Å²) in [5, 5.41) is 3.62. The maximum absolute atomic E-state index is 13.5. The fourth-order valence-corrected chi connectivity index (χ4v) is 6.91. The number of hydrogen-bond donors (Lipinski definition) is 0. The predicted molar refractivity (Wildman–Crippen MR) is 147 cm³/mol. The van der Waals surface area contributed by atoms with Crippen LogP contribution in [0.3, 0.4) is 0 Å². The molecule has 4 nitrogen and oxygen atoms in total. The smallest absolute Gasteiger partial charge is 0.161 e. The summed E-state index contributed by atoms with van der Waals surface area (Å²) in [6, 6.07) is 23.4. The molecule has 7 rings (SSSR count). The van der Waals surface area contributed by atoms with Crippen LogP contribution in [0.5, 0.6) is 0 Å². The van der Waals surface area contributed by atoms with Crippen LogP contribution < -0.4 is 0 Å². The summed E-state index contributed by atoms with van der Waals surface area (Å²) in [5.41, 5.74) is 7.46. The molecule has 1 aliphatic heterocycles. The SMILES string of the molecule is CN1C2=C(C(=O)CCC2)C(c2cn(Cc3cccc4ccccc34)c3ccccc23)C2=C1CCCC2=O. The number of Topliss-reactive ketones (excluding diaryl/α,β-unsaturated/α-hetero) is 2. The van der Waals surface area contributed by atoms with Gasteiger partial charge in [0.15, 0.2) is 11.6 Å². The average Bonchev–Trinajstić information content (AvgIpc) is 3.28. The van der Waals surface area contributed by atoms with E-state index >= 15 is 0 Å². The second kappa shape index (κ2) is 8.58. The molecule has 0 spiro atoms. The first kappa shape index (κ1) is 22.3. The maximum atomic E-state index is 13.5. The van der Waals surface area contributed by atoms with E-state index in [1.165, 1.54) is 16.3 Å². The fraction of sp³-hybridized carbons (Fsp3) is 0.273. The van der Waals surface area contributed by atoms with Crippen molar-refractivity contribution in [1.29, 1.82) is 0 Å². The largest absolute Gasteiger partial charge is 0.351 e. The lowest BCUT2D eigenvalue weighted by molar-refractivity contribution is -0.117. The molecule has 3 aliphatic rings. The molecule has 0 atom stereocenters. The van der Waals surface area contributed by atoms with Gasteiger partial charge in [-0.25, -0.2) is 0 Å². The van der Waals surface area contributed by atoms with Gasteiger partial charge in [-0.05, 0) is 53.6 Å². The van der Waals surface area contributed by atoms with E-state index in [0.29, 0.717) is 12.8 Å². The number of carbonyl (C=O) groups is 2. The van der Waals surface area contributed by atoms with Gasteiger partial charge in [0.05, 0.1) is 0 Å². The topological polar surface area (TPSA) is 42.3 Å². The normalized spacial score (nSPS) is 18.7. The summed E-state index contributed by atoms with van der Waals surface area (Å²) in [5.74, 6) is 0.128. The highest BCUT2D eigenvalue weighted by atomic mass is 16.1. The molecular formula is C33H30N2O2. The van der Waals surface area contributed by atoms with Gasteiger partial charge in [0.2, 0.25) is 0 Å². The van der Waals surface area contributed by atoms with E-state index in [1.54, 1.807) is 0 Å². The summed E-state index contributed by atoms with van der Waals surface area (Å²) in [6.07, 6.45) is 6.91. The summed E-state index contributed by atoms with van der Waals surface area (Å²) in [6.45, 7) is 0.730. The summed E-state index contributed by atoms with van der Waals surface area (Å²) in [4.78, 5) is 29.2. The van der Waals surface area contributed by atoms with Crippen molar-refractivity contribution in [2.45, 2.75) is 51.0 Å². The van der Waals surface area contributed by atoms with Crippen molar-refractivity contribution in [3.63, 3.8) is 0 Å². The van der Waals surface area contributed by atoms with Gasteiger partial charge in [-0.1, -0.05) is 60.7 Å². The minimum absolute atomic E-state index is 0.203. The first-order valence-electron chi connectivity index (χ1n) is 13.4. The molecule has 3 aromatic carbocycles. The maximum Gasteiger partial charge on any atom is 0.161 e. The van der Waals surface area contributed by atoms with Gasteiger partial charge in [0.1, 0.15) is 0 Å². The van der Waals surface area contributed by atoms with Crippen molar-refractivity contribution in [1.82, 2.24) is 9.47 Å². The van der Waals surface area contributed by atoms with Crippen LogP contribution in [0.15, 0.2) is 95.5 Å². The molecule has 37 heavy (non-hydrogen) atoms. The molecule has 0 fully saturated rings. The van der Waals surface area contributed by atoms with Crippen molar-refractivity contribution in [2.75, 3.05) is 7.05 Å². The number of carbonyl (C=O) groups excluding carboxylic acids is 2. The Balaban J connectivity index is 1.44. The van der Waals surface area contributed by atoms with Crippen LogP contribution >= 0.6 is 0 Å². The summed E-state index contributed by atoms with van der Waals surface area (Å²) in [7, 11) is 2.06. The quantitative estimate of drug-likeness (QED) is 0.317. The fourth-order valence-electron chi connectivity index (χ4n) is 6.91. The number of aromatic nitrogens is 1. The Hall–Kier alpha value is -3.92. The average molecular weight is 487 g/mol. The number of ketones is 2. The van der Waals surface area contributed by atoms with Crippen LogP contribution in [0.1, 0.15) is 55.6 Å². The Morgan fingerprint density at radius 3 is 2.08 bits per heavy atom. The van der Waals surface area contributed by atoms with Crippen molar-refractivity contribution in [3.8, 4) is 0 Å². The van der Waals surface area contributed by atoms with Crippen molar-refractivity contribution >= 4 is 33.2 Å². The second-order valence-electron chi connectivity index (χ2n) is 10.6. The number of allylic oxidation sites excluding steroid dienone is 4. The molecule has 2 aliphatic carbocycles. The third kappa shape index (κ3) is 3.42. The van der Waals surface area contributed by atoms with E-state index in [-0.39, 0.29) is 17.5 Å². The monoisotopic (exact) mass is 486 g/mol. The lowest BCUT2D eigenvalue weighted by atomic mass is 9.71. The highest BCUT2D eigenvalue weighted by Gasteiger charge is 2.43. The molecule has 1 aromatic heterocycles. The van der Waals surface area contributed by atoms with Crippen LogP contribution in [-0.4, -0.2) is 28.1 Å². The van der Waals surface area contributed by atoms with Crippen molar-refractivity contribution in [3.05, 3.63) is 107 Å². The number of benzene rings is 3. The summed E-state index contributed by atoms with van der Waals surface area (Å²) < 4.78 is 2.31. The third-order valence-electron chi connectivity index (χ3n) is 8.60. The lowest BCUT2D eigenvalue weighted by Crippen LogP contribution is -2.37. The van der Waals surface area contributed by atoms with Crippen LogP contribution in [-0.2, 0) is 16.1 Å². The highest BCUT2D eigenvalue weighted by molar-refractivity contribution is 6.07. The Bertz CT molecular complexity index is 1620. The van der Waals surface area contributed by atoms with Gasteiger partial charge in [-0.15, -0.1) is 0 Å². The number of nitrogens with zero attached hydrogens (tertiary/aromatic N) is 2. The molecule has 0 saturated heterocycles. The Kier molecular flexibility index (Phi) is 5.17. The molecule has 0 amide bonds. The van der Waals surface area contributed by atoms with Crippen molar-refractivity contribution < 1.29 is 9.59 Å². The first-order valence-corrected chi connectivity index (χ1v) is 13.4. The van der Waals surface area contributed by atoms with Gasteiger partial charge < -0.3 is 9.47 Å². The minimum atomic E-state index is -0.277. The minimum Gasteiger partial charge on any atom is -0.351 e. The van der Waals surface area contributed by atoms with E-state index in [2.05, 4.69) is 89.4 Å². The Morgan fingerprint density at radius 2 is 1.35 bits per heavy atom. The molecule has 2 heterocycles. The van der Waals surface area contributed by atoms with E-state index in [0.717, 1.165) is 71.2 Å².